The van der Waals surface area contributed by atoms with E-state index in [9.17, 15) is 9.90 Å². The van der Waals surface area contributed by atoms with E-state index in [4.69, 9.17) is 4.74 Å². The minimum absolute atomic E-state index is 0.0240. The van der Waals surface area contributed by atoms with Gasteiger partial charge in [0.15, 0.2) is 6.10 Å². The van der Waals surface area contributed by atoms with Gasteiger partial charge < -0.3 is 14.7 Å². The van der Waals surface area contributed by atoms with Crippen molar-refractivity contribution in [1.29, 1.82) is 0 Å². The fraction of sp³-hybridized carbons (Fsp3) is 0.611. The van der Waals surface area contributed by atoms with Crippen molar-refractivity contribution in [3.05, 3.63) is 18.2 Å². The Bertz CT molecular complexity index is 501. The van der Waals surface area contributed by atoms with Crippen molar-refractivity contribution in [2.45, 2.75) is 64.9 Å². The van der Waals surface area contributed by atoms with E-state index < -0.39 is 6.10 Å². The lowest BCUT2D eigenvalue weighted by atomic mass is 10.1. The molecule has 122 valence electrons. The lowest BCUT2D eigenvalue weighted by Gasteiger charge is -2.33. The fourth-order valence-electron chi connectivity index (χ4n) is 2.85. The number of carbonyl (C=O) groups is 1. The van der Waals surface area contributed by atoms with Gasteiger partial charge in [0.2, 0.25) is 0 Å². The third-order valence-electron chi connectivity index (χ3n) is 4.14. The second-order valence-electron chi connectivity index (χ2n) is 6.02. The van der Waals surface area contributed by atoms with Crippen LogP contribution in [0.5, 0.6) is 11.5 Å². The average molecular weight is 305 g/mol. The first-order chi connectivity index (χ1) is 10.6. The monoisotopic (exact) mass is 305 g/mol. The molecule has 0 saturated carbocycles. The summed E-state index contributed by atoms with van der Waals surface area (Å²) in [5.74, 6) is 0.811. The van der Waals surface area contributed by atoms with Crippen molar-refractivity contribution in [2.24, 2.45) is 0 Å². The number of fused-ring (bicyclic) bond motifs is 1. The molecule has 0 aromatic heterocycles. The predicted molar refractivity (Wildman–Crippen MR) is 88.5 cm³/mol. The van der Waals surface area contributed by atoms with Crippen molar-refractivity contribution in [2.75, 3.05) is 11.4 Å². The van der Waals surface area contributed by atoms with Gasteiger partial charge in [-0.3, -0.25) is 4.79 Å². The van der Waals surface area contributed by atoms with Gasteiger partial charge in [0.25, 0.3) is 5.91 Å². The fourth-order valence-corrected chi connectivity index (χ4v) is 2.85. The zero-order chi connectivity index (χ0) is 15.9. The Kier molecular flexibility index (Phi) is 6.10. The molecule has 0 aliphatic carbocycles. The number of aromatic hydroxyl groups is 1. The highest BCUT2D eigenvalue weighted by molar-refractivity contribution is 6.00. The lowest BCUT2D eigenvalue weighted by molar-refractivity contribution is -0.125. The summed E-state index contributed by atoms with van der Waals surface area (Å²) in [7, 11) is 0. The maximum atomic E-state index is 12.3. The van der Waals surface area contributed by atoms with Gasteiger partial charge in [-0.2, -0.15) is 0 Å². The van der Waals surface area contributed by atoms with Crippen LogP contribution in [0.4, 0.5) is 5.69 Å². The highest BCUT2D eigenvalue weighted by Gasteiger charge is 2.31. The molecule has 4 nitrogen and oxygen atoms in total. The minimum Gasteiger partial charge on any atom is -0.508 e. The maximum absolute atomic E-state index is 12.3. The highest BCUT2D eigenvalue weighted by Crippen LogP contribution is 2.36. The third-order valence-corrected chi connectivity index (χ3v) is 4.14. The van der Waals surface area contributed by atoms with Crippen LogP contribution >= 0.6 is 0 Å². The zero-order valence-electron chi connectivity index (χ0n) is 13.7. The number of hydrogen-bond donors (Lipinski definition) is 1. The van der Waals surface area contributed by atoms with Crippen LogP contribution in [0.3, 0.4) is 0 Å². The average Bonchev–Trinajstić information content (AvgIpc) is 2.50. The molecule has 0 saturated heterocycles. The molecule has 22 heavy (non-hydrogen) atoms. The summed E-state index contributed by atoms with van der Waals surface area (Å²) in [6.07, 6.45) is 8.05. The van der Waals surface area contributed by atoms with Gasteiger partial charge in [0, 0.05) is 12.6 Å². The van der Waals surface area contributed by atoms with Crippen LogP contribution in [0.1, 0.15) is 58.8 Å². The lowest BCUT2D eigenvalue weighted by Crippen LogP contribution is -2.44. The minimum atomic E-state index is -0.457. The Morgan fingerprint density at radius 2 is 1.82 bits per heavy atom. The van der Waals surface area contributed by atoms with Crippen LogP contribution in [0.25, 0.3) is 0 Å². The molecule has 4 heteroatoms. The summed E-state index contributed by atoms with van der Waals surface area (Å²) in [6.45, 7) is 4.69. The number of hydrogen-bond acceptors (Lipinski definition) is 3. The second kappa shape index (κ2) is 8.06. The van der Waals surface area contributed by atoms with Gasteiger partial charge in [-0.25, -0.2) is 0 Å². The van der Waals surface area contributed by atoms with E-state index >= 15 is 0 Å². The highest BCUT2D eigenvalue weighted by atomic mass is 16.5. The summed E-state index contributed by atoms with van der Waals surface area (Å²) in [5.41, 5.74) is 0.689. The number of phenolic OH excluding ortho intramolecular Hbond substituents is 1. The van der Waals surface area contributed by atoms with Crippen LogP contribution in [0.15, 0.2) is 18.2 Å². The van der Waals surface area contributed by atoms with E-state index in [2.05, 4.69) is 6.92 Å². The molecule has 1 aromatic carbocycles. The number of unbranched alkanes of at least 4 members (excludes halogenated alkanes) is 6. The van der Waals surface area contributed by atoms with Gasteiger partial charge in [-0.15, -0.1) is 0 Å². The summed E-state index contributed by atoms with van der Waals surface area (Å²) in [4.78, 5) is 14.1. The van der Waals surface area contributed by atoms with Crippen molar-refractivity contribution in [3.63, 3.8) is 0 Å². The number of amides is 1. The Balaban J connectivity index is 1.89. The number of rotatable bonds is 8. The van der Waals surface area contributed by atoms with Crippen LogP contribution in [-0.4, -0.2) is 23.7 Å². The van der Waals surface area contributed by atoms with Crippen molar-refractivity contribution in [3.8, 4) is 11.5 Å². The topological polar surface area (TPSA) is 49.8 Å². The maximum Gasteiger partial charge on any atom is 0.267 e. The second-order valence-corrected chi connectivity index (χ2v) is 6.02. The zero-order valence-corrected chi connectivity index (χ0v) is 13.7. The quantitative estimate of drug-likeness (QED) is 0.730. The smallest absolute Gasteiger partial charge is 0.267 e. The molecule has 0 fully saturated rings. The molecule has 0 bridgehead atoms. The molecule has 1 N–H and O–H groups in total. The number of carbonyl (C=O) groups excluding carboxylic acids is 1. The largest absolute Gasteiger partial charge is 0.508 e. The first kappa shape index (κ1) is 16.7. The summed E-state index contributed by atoms with van der Waals surface area (Å²) in [5, 5.41) is 9.66. The molecule has 1 heterocycles. The first-order valence-corrected chi connectivity index (χ1v) is 8.44. The van der Waals surface area contributed by atoms with Gasteiger partial charge in [-0.05, 0) is 25.5 Å². The van der Waals surface area contributed by atoms with Crippen LogP contribution < -0.4 is 9.64 Å². The van der Waals surface area contributed by atoms with E-state index in [0.29, 0.717) is 18.0 Å². The normalized spacial score (nSPS) is 17.3. The van der Waals surface area contributed by atoms with Crippen LogP contribution in [0, 0.1) is 0 Å². The Labute approximate surface area is 133 Å². The van der Waals surface area contributed by atoms with Gasteiger partial charge in [-0.1, -0.05) is 45.4 Å². The van der Waals surface area contributed by atoms with Crippen molar-refractivity contribution >= 4 is 11.6 Å². The van der Waals surface area contributed by atoms with E-state index in [1.54, 1.807) is 30.0 Å². The molecular formula is C18H27NO3. The number of ether oxygens (including phenoxy) is 1. The van der Waals surface area contributed by atoms with E-state index in [-0.39, 0.29) is 11.7 Å². The molecule has 0 spiro atoms. The van der Waals surface area contributed by atoms with Gasteiger partial charge in [0.05, 0.1) is 5.69 Å². The summed E-state index contributed by atoms with van der Waals surface area (Å²) < 4.78 is 5.60. The Morgan fingerprint density at radius 1 is 1.14 bits per heavy atom. The Hall–Kier alpha value is -1.71. The van der Waals surface area contributed by atoms with Crippen molar-refractivity contribution < 1.29 is 14.6 Å². The molecule has 1 amide bonds. The molecular weight excluding hydrogens is 278 g/mol. The molecule has 1 aromatic rings. The molecule has 2 rings (SSSR count). The number of benzene rings is 1. The van der Waals surface area contributed by atoms with E-state index in [1.165, 1.54) is 32.1 Å². The first-order valence-electron chi connectivity index (χ1n) is 8.44. The predicted octanol–water partition coefficient (Wildman–Crippen LogP) is 4.26. The molecule has 1 unspecified atom stereocenters. The molecule has 1 atom stereocenters. The molecule has 1 aliphatic rings. The SMILES string of the molecule is CCCCCCCCCN1C(=O)C(C)Oc2ccc(O)cc21. The van der Waals surface area contributed by atoms with E-state index in [1.807, 2.05) is 0 Å². The van der Waals surface area contributed by atoms with E-state index in [0.717, 1.165) is 12.8 Å². The van der Waals surface area contributed by atoms with Crippen LogP contribution in [0.2, 0.25) is 0 Å². The van der Waals surface area contributed by atoms with Crippen LogP contribution in [-0.2, 0) is 4.79 Å². The molecule has 1 aliphatic heterocycles. The summed E-state index contributed by atoms with van der Waals surface area (Å²) >= 11 is 0. The van der Waals surface area contributed by atoms with Gasteiger partial charge in [0.1, 0.15) is 11.5 Å². The number of phenols is 1. The standard InChI is InChI=1S/C18H27NO3/c1-3-4-5-6-7-8-9-12-19-16-13-15(20)10-11-17(16)22-14(2)18(19)21/h10-11,13-14,20H,3-9,12H2,1-2H3. The number of nitrogens with zero attached hydrogens (tertiary/aromatic N) is 1. The number of anilines is 1. The summed E-state index contributed by atoms with van der Waals surface area (Å²) in [6, 6.07) is 4.93. The molecule has 0 radical (unpaired) electrons. The Morgan fingerprint density at radius 3 is 2.55 bits per heavy atom. The van der Waals surface area contributed by atoms with Gasteiger partial charge >= 0.3 is 0 Å². The third kappa shape index (κ3) is 4.15. The van der Waals surface area contributed by atoms with Crippen molar-refractivity contribution in [1.82, 2.24) is 0 Å².